The van der Waals surface area contributed by atoms with Gasteiger partial charge >= 0.3 is 0 Å². The van der Waals surface area contributed by atoms with Crippen LogP contribution in [0.4, 0.5) is 11.6 Å². The first-order valence-corrected chi connectivity index (χ1v) is 8.42. The maximum Gasteiger partial charge on any atom is 0.245 e. The summed E-state index contributed by atoms with van der Waals surface area (Å²) in [5.41, 5.74) is 3.49. The van der Waals surface area contributed by atoms with Crippen LogP contribution < -0.4 is 10.6 Å². The number of nitrogens with zero attached hydrogens (tertiary/aromatic N) is 4. The summed E-state index contributed by atoms with van der Waals surface area (Å²) in [6, 6.07) is 8.70. The average molecular weight is 340 g/mol. The van der Waals surface area contributed by atoms with Gasteiger partial charge in [0.2, 0.25) is 11.3 Å². The molecule has 2 aromatic heterocycles. The molecule has 2 N–H and O–H groups in total. The van der Waals surface area contributed by atoms with Gasteiger partial charge in [0.05, 0.1) is 6.04 Å². The van der Waals surface area contributed by atoms with Crippen molar-refractivity contribution in [3.8, 4) is 0 Å². The molecule has 1 aliphatic carbocycles. The Kier molecular flexibility index (Phi) is 4.43. The number of rotatable bonds is 7. The molecule has 0 saturated carbocycles. The summed E-state index contributed by atoms with van der Waals surface area (Å²) < 4.78 is 9.83. The normalized spacial score (nSPS) is 16.1. The summed E-state index contributed by atoms with van der Waals surface area (Å²) >= 11 is 0. The van der Waals surface area contributed by atoms with E-state index in [1.807, 2.05) is 0 Å². The maximum absolute atomic E-state index is 5.09. The van der Waals surface area contributed by atoms with Crippen LogP contribution >= 0.6 is 0 Å². The first-order chi connectivity index (χ1) is 12.3. The highest BCUT2D eigenvalue weighted by molar-refractivity contribution is 5.73. The summed E-state index contributed by atoms with van der Waals surface area (Å²) in [7, 11) is 1.69. The molecule has 0 spiro atoms. The van der Waals surface area contributed by atoms with E-state index >= 15 is 0 Å². The molecule has 4 rings (SSSR count). The van der Waals surface area contributed by atoms with Crippen LogP contribution in [-0.2, 0) is 11.2 Å². The Morgan fingerprint density at radius 1 is 1.16 bits per heavy atom. The van der Waals surface area contributed by atoms with E-state index in [4.69, 9.17) is 9.37 Å². The molecule has 0 fully saturated rings. The van der Waals surface area contributed by atoms with Gasteiger partial charge in [0.15, 0.2) is 11.6 Å². The van der Waals surface area contributed by atoms with Crippen molar-refractivity contribution in [3.63, 3.8) is 0 Å². The summed E-state index contributed by atoms with van der Waals surface area (Å²) in [5, 5.41) is 14.4. The van der Waals surface area contributed by atoms with E-state index in [1.165, 1.54) is 11.1 Å². The zero-order valence-electron chi connectivity index (χ0n) is 14.0. The minimum absolute atomic E-state index is 0.210. The van der Waals surface area contributed by atoms with E-state index in [0.29, 0.717) is 29.5 Å². The molecular formula is C17H20N6O2. The van der Waals surface area contributed by atoms with Gasteiger partial charge < -0.3 is 15.4 Å². The minimum atomic E-state index is 0.210. The SMILES string of the molecule is COCCCNc1nc2nonc2nc1N[C@@H]1CCc2ccccc21. The number of nitrogens with one attached hydrogen (secondary N) is 2. The van der Waals surface area contributed by atoms with E-state index in [1.54, 1.807) is 7.11 Å². The largest absolute Gasteiger partial charge is 0.385 e. The first kappa shape index (κ1) is 15.8. The van der Waals surface area contributed by atoms with Gasteiger partial charge in [0.1, 0.15) is 0 Å². The summed E-state index contributed by atoms with van der Waals surface area (Å²) in [4.78, 5) is 9.02. The second-order valence-corrected chi connectivity index (χ2v) is 6.04. The van der Waals surface area contributed by atoms with Crippen molar-refractivity contribution < 1.29 is 9.37 Å². The number of hydrogen-bond acceptors (Lipinski definition) is 8. The van der Waals surface area contributed by atoms with Crippen molar-refractivity contribution >= 4 is 22.9 Å². The molecule has 3 aromatic rings. The highest BCUT2D eigenvalue weighted by Crippen LogP contribution is 2.34. The Hall–Kier alpha value is -2.74. The van der Waals surface area contributed by atoms with Crippen LogP contribution in [0.1, 0.15) is 30.0 Å². The Bertz CT molecular complexity index is 865. The van der Waals surface area contributed by atoms with Crippen LogP contribution in [0.15, 0.2) is 28.9 Å². The third-order valence-corrected chi connectivity index (χ3v) is 4.38. The third-order valence-electron chi connectivity index (χ3n) is 4.38. The number of benzene rings is 1. The summed E-state index contributed by atoms with van der Waals surface area (Å²) in [6.45, 7) is 1.42. The quantitative estimate of drug-likeness (QED) is 0.633. The monoisotopic (exact) mass is 340 g/mol. The maximum atomic E-state index is 5.09. The number of fused-ring (bicyclic) bond motifs is 2. The van der Waals surface area contributed by atoms with Gasteiger partial charge in [-0.25, -0.2) is 14.6 Å². The van der Waals surface area contributed by atoms with Crippen molar-refractivity contribution in [2.45, 2.75) is 25.3 Å². The molecule has 130 valence electrons. The number of aromatic nitrogens is 4. The second-order valence-electron chi connectivity index (χ2n) is 6.04. The Morgan fingerprint density at radius 3 is 2.80 bits per heavy atom. The van der Waals surface area contributed by atoms with Crippen LogP contribution in [0.2, 0.25) is 0 Å². The van der Waals surface area contributed by atoms with E-state index in [9.17, 15) is 0 Å². The van der Waals surface area contributed by atoms with Crippen LogP contribution in [0.5, 0.6) is 0 Å². The molecule has 0 radical (unpaired) electrons. The van der Waals surface area contributed by atoms with Gasteiger partial charge in [-0.15, -0.1) is 0 Å². The molecule has 8 nitrogen and oxygen atoms in total. The number of hydrogen-bond donors (Lipinski definition) is 2. The lowest BCUT2D eigenvalue weighted by Gasteiger charge is -2.17. The van der Waals surface area contributed by atoms with Gasteiger partial charge in [0.25, 0.3) is 0 Å². The van der Waals surface area contributed by atoms with Gasteiger partial charge in [-0.1, -0.05) is 24.3 Å². The van der Waals surface area contributed by atoms with E-state index in [-0.39, 0.29) is 6.04 Å². The van der Waals surface area contributed by atoms with Crippen molar-refractivity contribution in [2.75, 3.05) is 30.9 Å². The number of ether oxygens (including phenoxy) is 1. The molecule has 0 saturated heterocycles. The van der Waals surface area contributed by atoms with Crippen molar-refractivity contribution in [1.29, 1.82) is 0 Å². The highest BCUT2D eigenvalue weighted by Gasteiger charge is 2.24. The van der Waals surface area contributed by atoms with Gasteiger partial charge in [-0.3, -0.25) is 0 Å². The smallest absolute Gasteiger partial charge is 0.245 e. The van der Waals surface area contributed by atoms with Gasteiger partial charge in [-0.2, -0.15) is 0 Å². The van der Waals surface area contributed by atoms with Crippen molar-refractivity contribution in [3.05, 3.63) is 35.4 Å². The third kappa shape index (κ3) is 3.25. The standard InChI is InChI=1S/C17H20N6O2/c1-24-10-4-9-18-14-15(21-17-16(20-14)22-25-23-17)19-13-8-7-11-5-2-3-6-12(11)13/h2-3,5-6,13H,4,7-10H2,1H3,(H,18,20,22)(H,19,21,23)/t13-/m1/s1. The van der Waals surface area contributed by atoms with Crippen LogP contribution in [0.25, 0.3) is 11.3 Å². The lowest BCUT2D eigenvalue weighted by molar-refractivity contribution is 0.198. The van der Waals surface area contributed by atoms with Gasteiger partial charge in [0, 0.05) is 20.3 Å². The predicted molar refractivity (Wildman–Crippen MR) is 93.5 cm³/mol. The Morgan fingerprint density at radius 2 is 1.96 bits per heavy atom. The lowest BCUT2D eigenvalue weighted by atomic mass is 10.1. The molecular weight excluding hydrogens is 320 g/mol. The molecule has 1 aliphatic rings. The minimum Gasteiger partial charge on any atom is -0.385 e. The topological polar surface area (TPSA) is 98.0 Å². The Balaban J connectivity index is 1.59. The van der Waals surface area contributed by atoms with Crippen molar-refractivity contribution in [2.24, 2.45) is 0 Å². The molecule has 0 amide bonds. The number of anilines is 2. The molecule has 0 aliphatic heterocycles. The summed E-state index contributed by atoms with van der Waals surface area (Å²) in [5.74, 6) is 1.33. The molecule has 25 heavy (non-hydrogen) atoms. The van der Waals surface area contributed by atoms with E-state index in [2.05, 4.69) is 55.2 Å². The summed E-state index contributed by atoms with van der Waals surface area (Å²) in [6.07, 6.45) is 2.96. The molecule has 1 aromatic carbocycles. The molecule has 2 heterocycles. The second kappa shape index (κ2) is 7.02. The fourth-order valence-corrected chi connectivity index (χ4v) is 3.16. The molecule has 1 atom stereocenters. The molecule has 0 unspecified atom stereocenters. The van der Waals surface area contributed by atoms with Crippen LogP contribution in [0.3, 0.4) is 0 Å². The van der Waals surface area contributed by atoms with Crippen molar-refractivity contribution in [1.82, 2.24) is 20.3 Å². The fourth-order valence-electron chi connectivity index (χ4n) is 3.16. The zero-order chi connectivity index (χ0) is 17.1. The first-order valence-electron chi connectivity index (χ1n) is 8.42. The van der Waals surface area contributed by atoms with E-state index in [0.717, 1.165) is 25.8 Å². The highest BCUT2D eigenvalue weighted by atomic mass is 16.6. The van der Waals surface area contributed by atoms with Crippen LogP contribution in [-0.4, -0.2) is 40.5 Å². The predicted octanol–water partition coefficient (Wildman–Crippen LogP) is 2.56. The molecule has 0 bridgehead atoms. The fraction of sp³-hybridized carbons (Fsp3) is 0.412. The molecule has 8 heteroatoms. The van der Waals surface area contributed by atoms with E-state index < -0.39 is 0 Å². The number of aryl methyl sites for hydroxylation is 1. The zero-order valence-corrected chi connectivity index (χ0v) is 14.0. The number of methoxy groups -OCH3 is 1. The lowest BCUT2D eigenvalue weighted by Crippen LogP contribution is -2.14. The average Bonchev–Trinajstić information content (AvgIpc) is 3.25. The van der Waals surface area contributed by atoms with Crippen LogP contribution in [0, 0.1) is 0 Å². The van der Waals surface area contributed by atoms with Gasteiger partial charge in [-0.05, 0) is 40.7 Å². The Labute approximate surface area is 145 Å².